The second-order valence-corrected chi connectivity index (χ2v) is 5.27. The van der Waals surface area contributed by atoms with E-state index in [0.29, 0.717) is 11.5 Å². The number of hydrogen-bond donors (Lipinski definition) is 0. The van der Waals surface area contributed by atoms with Crippen LogP contribution in [0.4, 0.5) is 0 Å². The second-order valence-electron chi connectivity index (χ2n) is 5.27. The Bertz CT molecular complexity index is 595. The van der Waals surface area contributed by atoms with E-state index in [4.69, 9.17) is 0 Å². The van der Waals surface area contributed by atoms with E-state index in [1.54, 1.807) is 7.05 Å². The number of hydrogen-bond acceptors (Lipinski definition) is 2. The summed E-state index contributed by atoms with van der Waals surface area (Å²) in [7, 11) is 1.69. The summed E-state index contributed by atoms with van der Waals surface area (Å²) in [4.78, 5) is 12.3. The SMILES string of the molecule is CC1=NN(C)C(=O)/C1=C(\C=C\C(C)C)c1ccccc1. The van der Waals surface area contributed by atoms with Crippen LogP contribution < -0.4 is 0 Å². The molecule has 1 heterocycles. The Morgan fingerprint density at radius 3 is 2.40 bits per heavy atom. The van der Waals surface area contributed by atoms with Crippen LogP contribution in [0, 0.1) is 5.92 Å². The predicted octanol–water partition coefficient (Wildman–Crippen LogP) is 3.50. The number of carbonyl (C=O) groups excluding carboxylic acids is 1. The van der Waals surface area contributed by atoms with Crippen LogP contribution in [0.25, 0.3) is 5.57 Å². The van der Waals surface area contributed by atoms with Crippen molar-refractivity contribution in [3.63, 3.8) is 0 Å². The van der Waals surface area contributed by atoms with Gasteiger partial charge in [0.15, 0.2) is 0 Å². The van der Waals surface area contributed by atoms with E-state index in [1.165, 1.54) is 5.01 Å². The molecule has 1 aromatic rings. The van der Waals surface area contributed by atoms with Gasteiger partial charge in [-0.2, -0.15) is 5.10 Å². The lowest BCUT2D eigenvalue weighted by molar-refractivity contribution is -0.124. The molecule has 0 saturated heterocycles. The molecule has 0 spiro atoms. The van der Waals surface area contributed by atoms with Gasteiger partial charge in [-0.05, 0) is 24.0 Å². The summed E-state index contributed by atoms with van der Waals surface area (Å²) in [6.45, 7) is 6.11. The van der Waals surface area contributed by atoms with Crippen molar-refractivity contribution in [1.82, 2.24) is 5.01 Å². The number of rotatable bonds is 3. The number of benzene rings is 1. The fourth-order valence-corrected chi connectivity index (χ4v) is 2.18. The van der Waals surface area contributed by atoms with Gasteiger partial charge in [0.25, 0.3) is 5.91 Å². The lowest BCUT2D eigenvalue weighted by atomic mass is 9.95. The molecule has 0 aliphatic carbocycles. The van der Waals surface area contributed by atoms with Gasteiger partial charge in [-0.15, -0.1) is 0 Å². The molecule has 0 saturated carbocycles. The molecule has 20 heavy (non-hydrogen) atoms. The zero-order chi connectivity index (χ0) is 14.7. The van der Waals surface area contributed by atoms with E-state index in [9.17, 15) is 4.79 Å². The zero-order valence-electron chi connectivity index (χ0n) is 12.4. The number of amides is 1. The lowest BCUT2D eigenvalue weighted by Crippen LogP contribution is -2.17. The number of allylic oxidation sites excluding steroid dienone is 3. The van der Waals surface area contributed by atoms with Crippen LogP contribution >= 0.6 is 0 Å². The maximum atomic E-state index is 12.3. The van der Waals surface area contributed by atoms with Crippen LogP contribution in [0.1, 0.15) is 26.3 Å². The van der Waals surface area contributed by atoms with Crippen LogP contribution in [0.2, 0.25) is 0 Å². The van der Waals surface area contributed by atoms with Gasteiger partial charge in [-0.3, -0.25) is 4.79 Å². The third-order valence-corrected chi connectivity index (χ3v) is 3.17. The van der Waals surface area contributed by atoms with Crippen molar-refractivity contribution in [2.75, 3.05) is 7.05 Å². The normalized spacial score (nSPS) is 18.1. The summed E-state index contributed by atoms with van der Waals surface area (Å²) in [6, 6.07) is 9.97. The van der Waals surface area contributed by atoms with Gasteiger partial charge >= 0.3 is 0 Å². The van der Waals surface area contributed by atoms with Crippen LogP contribution in [0.15, 0.2) is 53.2 Å². The molecule has 1 aromatic carbocycles. The van der Waals surface area contributed by atoms with Gasteiger partial charge in [0.05, 0.1) is 11.3 Å². The van der Waals surface area contributed by atoms with Crippen molar-refractivity contribution in [3.05, 3.63) is 53.6 Å². The molecule has 1 aliphatic rings. The monoisotopic (exact) mass is 268 g/mol. The van der Waals surface area contributed by atoms with Crippen molar-refractivity contribution in [2.45, 2.75) is 20.8 Å². The van der Waals surface area contributed by atoms with Crippen LogP contribution in [0.5, 0.6) is 0 Å². The second kappa shape index (κ2) is 5.87. The van der Waals surface area contributed by atoms with Gasteiger partial charge in [-0.25, -0.2) is 5.01 Å². The van der Waals surface area contributed by atoms with Gasteiger partial charge in [0.1, 0.15) is 0 Å². The predicted molar refractivity (Wildman–Crippen MR) is 83.2 cm³/mol. The maximum Gasteiger partial charge on any atom is 0.276 e. The van der Waals surface area contributed by atoms with Crippen molar-refractivity contribution in [2.24, 2.45) is 11.0 Å². The minimum Gasteiger partial charge on any atom is -0.267 e. The fourth-order valence-electron chi connectivity index (χ4n) is 2.18. The Hall–Kier alpha value is -2.16. The average molecular weight is 268 g/mol. The topological polar surface area (TPSA) is 32.7 Å². The van der Waals surface area contributed by atoms with E-state index in [0.717, 1.165) is 16.8 Å². The van der Waals surface area contributed by atoms with E-state index < -0.39 is 0 Å². The standard InChI is InChI=1S/C17H20N2O/c1-12(2)10-11-15(14-8-6-5-7-9-14)16-13(3)18-19(4)17(16)20/h5-12H,1-4H3/b11-10+,16-15+. The highest BCUT2D eigenvalue weighted by molar-refractivity contribution is 6.29. The van der Waals surface area contributed by atoms with Gasteiger partial charge in [-0.1, -0.05) is 56.3 Å². The molecule has 0 radical (unpaired) electrons. The molecular weight excluding hydrogens is 248 g/mol. The van der Waals surface area contributed by atoms with Crippen LogP contribution in [-0.4, -0.2) is 23.7 Å². The first-order valence-corrected chi connectivity index (χ1v) is 6.82. The summed E-state index contributed by atoms with van der Waals surface area (Å²) < 4.78 is 0. The van der Waals surface area contributed by atoms with Crippen molar-refractivity contribution in [1.29, 1.82) is 0 Å². The fraction of sp³-hybridized carbons (Fsp3) is 0.294. The van der Waals surface area contributed by atoms with Crippen molar-refractivity contribution >= 4 is 17.2 Å². The van der Waals surface area contributed by atoms with E-state index in [-0.39, 0.29) is 5.91 Å². The molecule has 3 heteroatoms. The Morgan fingerprint density at radius 2 is 1.90 bits per heavy atom. The molecule has 1 amide bonds. The van der Waals surface area contributed by atoms with Crippen LogP contribution in [-0.2, 0) is 4.79 Å². The van der Waals surface area contributed by atoms with Gasteiger partial charge in [0.2, 0.25) is 0 Å². The molecule has 0 unspecified atom stereocenters. The average Bonchev–Trinajstić information content (AvgIpc) is 2.66. The number of nitrogens with zero attached hydrogens (tertiary/aromatic N) is 2. The molecule has 3 nitrogen and oxygen atoms in total. The Balaban J connectivity index is 2.58. The molecule has 1 aliphatic heterocycles. The quantitative estimate of drug-likeness (QED) is 0.772. The Morgan fingerprint density at radius 1 is 1.25 bits per heavy atom. The first kappa shape index (κ1) is 14.3. The van der Waals surface area contributed by atoms with Gasteiger partial charge < -0.3 is 0 Å². The highest BCUT2D eigenvalue weighted by Crippen LogP contribution is 2.26. The maximum absolute atomic E-state index is 12.3. The lowest BCUT2D eigenvalue weighted by Gasteiger charge is -2.09. The molecule has 0 bridgehead atoms. The van der Waals surface area contributed by atoms with Crippen LogP contribution in [0.3, 0.4) is 0 Å². The first-order chi connectivity index (χ1) is 9.50. The highest BCUT2D eigenvalue weighted by Gasteiger charge is 2.27. The molecule has 0 fully saturated rings. The first-order valence-electron chi connectivity index (χ1n) is 6.82. The smallest absolute Gasteiger partial charge is 0.267 e. The highest BCUT2D eigenvalue weighted by atomic mass is 16.2. The third-order valence-electron chi connectivity index (χ3n) is 3.17. The van der Waals surface area contributed by atoms with E-state index in [2.05, 4.69) is 25.0 Å². The Kier molecular flexibility index (Phi) is 4.18. The third kappa shape index (κ3) is 2.87. The molecule has 104 valence electrons. The Labute approximate surface area is 120 Å². The largest absolute Gasteiger partial charge is 0.276 e. The van der Waals surface area contributed by atoms with E-state index >= 15 is 0 Å². The summed E-state index contributed by atoms with van der Waals surface area (Å²) in [5.74, 6) is 0.385. The van der Waals surface area contributed by atoms with Crippen molar-refractivity contribution < 1.29 is 4.79 Å². The summed E-state index contributed by atoms with van der Waals surface area (Å²) in [6.07, 6.45) is 4.14. The molecular formula is C17H20N2O. The number of carbonyl (C=O) groups is 1. The summed E-state index contributed by atoms with van der Waals surface area (Å²) in [5.41, 5.74) is 3.44. The van der Waals surface area contributed by atoms with Crippen molar-refractivity contribution in [3.8, 4) is 0 Å². The zero-order valence-corrected chi connectivity index (χ0v) is 12.4. The molecule has 2 rings (SSSR count). The van der Waals surface area contributed by atoms with E-state index in [1.807, 2.05) is 43.3 Å². The minimum atomic E-state index is -0.0465. The molecule has 0 aromatic heterocycles. The minimum absolute atomic E-state index is 0.0465. The molecule has 0 atom stereocenters. The number of hydrazone groups is 1. The summed E-state index contributed by atoms with van der Waals surface area (Å²) >= 11 is 0. The number of likely N-dealkylation sites (N-methyl/N-ethyl adjacent to an activating group) is 1. The summed E-state index contributed by atoms with van der Waals surface area (Å²) in [5, 5.41) is 5.63. The van der Waals surface area contributed by atoms with Gasteiger partial charge in [0, 0.05) is 7.05 Å². The molecule has 0 N–H and O–H groups in total.